The molecule has 1 unspecified atom stereocenters. The number of rotatable bonds is 3. The third-order valence-corrected chi connectivity index (χ3v) is 4.70. The molecule has 23 heavy (non-hydrogen) atoms. The van der Waals surface area contributed by atoms with Crippen LogP contribution < -0.4 is 0 Å². The van der Waals surface area contributed by atoms with E-state index in [4.69, 9.17) is 5.11 Å². The van der Waals surface area contributed by atoms with Crippen LogP contribution in [0, 0.1) is 11.3 Å². The summed E-state index contributed by atoms with van der Waals surface area (Å²) in [5.74, 6) is -1.08. The van der Waals surface area contributed by atoms with Gasteiger partial charge in [0.2, 0.25) is 11.8 Å². The molecule has 2 heterocycles. The van der Waals surface area contributed by atoms with Crippen LogP contribution in [0.3, 0.4) is 0 Å². The molecule has 0 aromatic heterocycles. The van der Waals surface area contributed by atoms with Crippen molar-refractivity contribution in [3.63, 3.8) is 0 Å². The van der Waals surface area contributed by atoms with Crippen molar-refractivity contribution >= 4 is 17.8 Å². The van der Waals surface area contributed by atoms with Gasteiger partial charge in [0.25, 0.3) is 0 Å². The summed E-state index contributed by atoms with van der Waals surface area (Å²) in [7, 11) is 0. The molecule has 1 N–H and O–H groups in total. The van der Waals surface area contributed by atoms with E-state index in [1.165, 1.54) is 0 Å². The van der Waals surface area contributed by atoms with E-state index in [2.05, 4.69) is 0 Å². The molecule has 0 aliphatic carbocycles. The average molecular weight is 324 g/mol. The summed E-state index contributed by atoms with van der Waals surface area (Å²) in [6.45, 7) is 7.68. The first-order valence-corrected chi connectivity index (χ1v) is 8.50. The zero-order valence-electron chi connectivity index (χ0n) is 14.4. The van der Waals surface area contributed by atoms with E-state index in [0.717, 1.165) is 6.42 Å². The van der Waals surface area contributed by atoms with Crippen LogP contribution in [0.2, 0.25) is 0 Å². The molecule has 0 radical (unpaired) electrons. The summed E-state index contributed by atoms with van der Waals surface area (Å²) in [4.78, 5) is 39.7. The minimum atomic E-state index is -0.778. The highest BCUT2D eigenvalue weighted by Crippen LogP contribution is 2.27. The molecule has 6 nitrogen and oxygen atoms in total. The van der Waals surface area contributed by atoms with Crippen LogP contribution >= 0.6 is 0 Å². The van der Waals surface area contributed by atoms with Crippen molar-refractivity contribution in [3.05, 3.63) is 0 Å². The molecule has 2 aliphatic heterocycles. The van der Waals surface area contributed by atoms with Gasteiger partial charge in [0.15, 0.2) is 0 Å². The molecule has 1 atom stereocenters. The first-order chi connectivity index (χ1) is 10.7. The molecule has 6 heteroatoms. The third kappa shape index (κ3) is 4.45. The maximum Gasteiger partial charge on any atom is 0.306 e. The number of aliphatic carboxylic acids is 1. The largest absolute Gasteiger partial charge is 0.481 e. The quantitative estimate of drug-likeness (QED) is 0.858. The summed E-state index contributed by atoms with van der Waals surface area (Å²) in [5.41, 5.74) is -0.0902. The van der Waals surface area contributed by atoms with Gasteiger partial charge in [0.05, 0.1) is 5.92 Å². The number of carboxylic acid groups (broad SMARTS) is 1. The van der Waals surface area contributed by atoms with Gasteiger partial charge in [-0.25, -0.2) is 0 Å². The zero-order valence-corrected chi connectivity index (χ0v) is 14.4. The van der Waals surface area contributed by atoms with Gasteiger partial charge < -0.3 is 14.9 Å². The van der Waals surface area contributed by atoms with Crippen LogP contribution in [0.15, 0.2) is 0 Å². The van der Waals surface area contributed by atoms with Crippen molar-refractivity contribution in [2.24, 2.45) is 11.3 Å². The number of hydrogen-bond acceptors (Lipinski definition) is 3. The number of nitrogens with zero attached hydrogens (tertiary/aromatic N) is 2. The smallest absolute Gasteiger partial charge is 0.306 e. The number of carbonyl (C=O) groups is 3. The van der Waals surface area contributed by atoms with E-state index in [1.54, 1.807) is 9.80 Å². The predicted molar refractivity (Wildman–Crippen MR) is 85.7 cm³/mol. The highest BCUT2D eigenvalue weighted by molar-refractivity contribution is 5.88. The molecule has 2 saturated heterocycles. The number of hydrogen-bond donors (Lipinski definition) is 1. The van der Waals surface area contributed by atoms with Gasteiger partial charge in [-0.15, -0.1) is 0 Å². The van der Waals surface area contributed by atoms with Crippen LogP contribution in [0.1, 0.15) is 52.9 Å². The molecule has 2 rings (SSSR count). The molecule has 2 fully saturated rings. The summed E-state index contributed by atoms with van der Waals surface area (Å²) >= 11 is 0. The Morgan fingerprint density at radius 2 is 1.65 bits per heavy atom. The second kappa shape index (κ2) is 6.89. The summed E-state index contributed by atoms with van der Waals surface area (Å²) < 4.78 is 0. The molecule has 0 spiro atoms. The second-order valence-electron chi connectivity index (χ2n) is 7.92. The third-order valence-electron chi connectivity index (χ3n) is 4.70. The van der Waals surface area contributed by atoms with Crippen LogP contribution in [-0.4, -0.2) is 58.4 Å². The van der Waals surface area contributed by atoms with Gasteiger partial charge in [-0.3, -0.25) is 14.4 Å². The van der Waals surface area contributed by atoms with Crippen molar-refractivity contribution in [1.29, 1.82) is 0 Å². The molecular weight excluding hydrogens is 296 g/mol. The van der Waals surface area contributed by atoms with Crippen molar-refractivity contribution < 1.29 is 19.5 Å². The van der Waals surface area contributed by atoms with E-state index < -0.39 is 5.97 Å². The predicted octanol–water partition coefficient (Wildman–Crippen LogP) is 1.74. The SMILES string of the molecule is CC(C)(C)CC(=O)N1CCCC1C(=O)N1CCC(C(=O)O)CC1. The fourth-order valence-corrected chi connectivity index (χ4v) is 3.43. The lowest BCUT2D eigenvalue weighted by Gasteiger charge is -2.35. The van der Waals surface area contributed by atoms with Crippen LogP contribution in [-0.2, 0) is 14.4 Å². The van der Waals surface area contributed by atoms with E-state index in [1.807, 2.05) is 20.8 Å². The minimum Gasteiger partial charge on any atom is -0.481 e. The van der Waals surface area contributed by atoms with Gasteiger partial charge in [0.1, 0.15) is 6.04 Å². The minimum absolute atomic E-state index is 0.00593. The van der Waals surface area contributed by atoms with Gasteiger partial charge >= 0.3 is 5.97 Å². The van der Waals surface area contributed by atoms with Gasteiger partial charge in [0, 0.05) is 26.1 Å². The molecule has 0 bridgehead atoms. The molecule has 0 aromatic carbocycles. The van der Waals surface area contributed by atoms with Gasteiger partial charge in [-0.05, 0) is 31.1 Å². The number of piperidine rings is 1. The number of likely N-dealkylation sites (tertiary alicyclic amines) is 2. The standard InChI is InChI=1S/C17H28N2O4/c1-17(2,3)11-14(20)19-8-4-5-13(19)15(21)18-9-6-12(7-10-18)16(22)23/h12-13H,4-11H2,1-3H3,(H,22,23). The lowest BCUT2D eigenvalue weighted by atomic mass is 9.91. The van der Waals surface area contributed by atoms with Crippen molar-refractivity contribution in [2.75, 3.05) is 19.6 Å². The monoisotopic (exact) mass is 324 g/mol. The Balaban J connectivity index is 1.96. The maximum atomic E-state index is 12.7. The Kier molecular flexibility index (Phi) is 5.32. The molecular formula is C17H28N2O4. The lowest BCUT2D eigenvalue weighted by Crippen LogP contribution is -2.50. The zero-order chi connectivity index (χ0) is 17.2. The van der Waals surface area contributed by atoms with Crippen LogP contribution in [0.4, 0.5) is 0 Å². The van der Waals surface area contributed by atoms with E-state index in [0.29, 0.717) is 45.3 Å². The van der Waals surface area contributed by atoms with E-state index in [9.17, 15) is 14.4 Å². The summed E-state index contributed by atoms with van der Waals surface area (Å²) in [6, 6.07) is -0.355. The Bertz CT molecular complexity index is 475. The van der Waals surface area contributed by atoms with Gasteiger partial charge in [-0.1, -0.05) is 20.8 Å². The Morgan fingerprint density at radius 3 is 2.17 bits per heavy atom. The summed E-state index contributed by atoms with van der Waals surface area (Å²) in [6.07, 6.45) is 3.02. The van der Waals surface area contributed by atoms with Crippen LogP contribution in [0.5, 0.6) is 0 Å². The van der Waals surface area contributed by atoms with E-state index in [-0.39, 0.29) is 29.2 Å². The number of carbonyl (C=O) groups excluding carboxylic acids is 2. The molecule has 0 aromatic rings. The van der Waals surface area contributed by atoms with Crippen LogP contribution in [0.25, 0.3) is 0 Å². The van der Waals surface area contributed by atoms with Crippen molar-refractivity contribution in [3.8, 4) is 0 Å². The Morgan fingerprint density at radius 1 is 1.04 bits per heavy atom. The fourth-order valence-electron chi connectivity index (χ4n) is 3.43. The highest BCUT2D eigenvalue weighted by atomic mass is 16.4. The average Bonchev–Trinajstić information content (AvgIpc) is 2.94. The Hall–Kier alpha value is -1.59. The van der Waals surface area contributed by atoms with Crippen molar-refractivity contribution in [2.45, 2.75) is 58.9 Å². The number of amides is 2. The fraction of sp³-hybridized carbons (Fsp3) is 0.824. The summed E-state index contributed by atoms with van der Waals surface area (Å²) in [5, 5.41) is 9.04. The second-order valence-corrected chi connectivity index (χ2v) is 7.92. The first-order valence-electron chi connectivity index (χ1n) is 8.50. The molecule has 130 valence electrons. The van der Waals surface area contributed by atoms with E-state index >= 15 is 0 Å². The first kappa shape index (κ1) is 17.8. The molecule has 2 aliphatic rings. The normalized spacial score (nSPS) is 23.2. The maximum absolute atomic E-state index is 12.7. The molecule has 0 saturated carbocycles. The molecule has 2 amide bonds. The highest BCUT2D eigenvalue weighted by Gasteiger charge is 2.38. The lowest BCUT2D eigenvalue weighted by molar-refractivity contribution is -0.148. The van der Waals surface area contributed by atoms with Gasteiger partial charge in [-0.2, -0.15) is 0 Å². The topological polar surface area (TPSA) is 77.9 Å². The number of carboxylic acids is 1. The Labute approximate surface area is 137 Å². The van der Waals surface area contributed by atoms with Crippen molar-refractivity contribution in [1.82, 2.24) is 9.80 Å².